The van der Waals surface area contributed by atoms with Gasteiger partial charge in [0.05, 0.1) is 19.1 Å². The van der Waals surface area contributed by atoms with Crippen LogP contribution in [0.25, 0.3) is 0 Å². The number of hydrogen-bond acceptors (Lipinski definition) is 6. The standard InChI is InChI=1S/C16H21NO6S/c1-12-4-6-13(7-5-12)24(20,21)17-11-10-16(17,15(19)23-3)9-8-14(18)22-2/h4-7H,8-11H2,1-3H3. The quantitative estimate of drug-likeness (QED) is 0.714. The average molecular weight is 355 g/mol. The summed E-state index contributed by atoms with van der Waals surface area (Å²) < 4.78 is 36.3. The van der Waals surface area contributed by atoms with Gasteiger partial charge in [-0.1, -0.05) is 17.7 Å². The molecule has 7 nitrogen and oxygen atoms in total. The third-order valence-corrected chi connectivity index (χ3v) is 6.33. The fraction of sp³-hybridized carbons (Fsp3) is 0.500. The van der Waals surface area contributed by atoms with E-state index in [9.17, 15) is 18.0 Å². The largest absolute Gasteiger partial charge is 0.469 e. The molecule has 1 aromatic carbocycles. The molecule has 0 spiro atoms. The normalized spacial score (nSPS) is 21.0. The number of methoxy groups -OCH3 is 2. The third kappa shape index (κ3) is 3.16. The van der Waals surface area contributed by atoms with E-state index in [0.29, 0.717) is 6.42 Å². The Morgan fingerprint density at radius 2 is 1.79 bits per heavy atom. The van der Waals surface area contributed by atoms with Crippen LogP contribution in [-0.2, 0) is 29.1 Å². The number of benzene rings is 1. The summed E-state index contributed by atoms with van der Waals surface area (Å²) in [5, 5.41) is 0. The van der Waals surface area contributed by atoms with Crippen LogP contribution >= 0.6 is 0 Å². The number of ether oxygens (including phenoxy) is 2. The highest BCUT2D eigenvalue weighted by molar-refractivity contribution is 7.89. The molecular formula is C16H21NO6S. The zero-order chi connectivity index (χ0) is 18.0. The molecule has 1 fully saturated rings. The highest BCUT2D eigenvalue weighted by Crippen LogP contribution is 2.40. The summed E-state index contributed by atoms with van der Waals surface area (Å²) in [6.45, 7) is 2.06. The molecule has 0 amide bonds. The minimum absolute atomic E-state index is 0.0252. The summed E-state index contributed by atoms with van der Waals surface area (Å²) in [5.41, 5.74) is -0.422. The van der Waals surface area contributed by atoms with Gasteiger partial charge in [0, 0.05) is 13.0 Å². The van der Waals surface area contributed by atoms with Crippen LogP contribution in [0.4, 0.5) is 0 Å². The van der Waals surface area contributed by atoms with Gasteiger partial charge in [0.1, 0.15) is 5.54 Å². The van der Waals surface area contributed by atoms with Crippen LogP contribution in [0.1, 0.15) is 24.8 Å². The van der Waals surface area contributed by atoms with Crippen molar-refractivity contribution in [3.63, 3.8) is 0 Å². The Labute approximate surface area is 141 Å². The Bertz CT molecular complexity index is 727. The average Bonchev–Trinajstić information content (AvgIpc) is 2.53. The monoisotopic (exact) mass is 355 g/mol. The molecule has 0 saturated carbocycles. The molecule has 1 aliphatic rings. The van der Waals surface area contributed by atoms with Gasteiger partial charge in [-0.15, -0.1) is 0 Å². The smallest absolute Gasteiger partial charge is 0.327 e. The van der Waals surface area contributed by atoms with Gasteiger partial charge in [-0.2, -0.15) is 4.31 Å². The van der Waals surface area contributed by atoms with Gasteiger partial charge in [-0.3, -0.25) is 9.59 Å². The first-order chi connectivity index (χ1) is 11.3. The van der Waals surface area contributed by atoms with Crippen LogP contribution in [0, 0.1) is 6.92 Å². The Hall–Kier alpha value is -1.93. The number of esters is 2. The van der Waals surface area contributed by atoms with Crippen molar-refractivity contribution in [2.45, 2.75) is 36.6 Å². The third-order valence-electron chi connectivity index (χ3n) is 4.35. The van der Waals surface area contributed by atoms with Crippen molar-refractivity contribution in [2.24, 2.45) is 0 Å². The molecule has 1 unspecified atom stereocenters. The Morgan fingerprint density at radius 1 is 1.17 bits per heavy atom. The molecule has 24 heavy (non-hydrogen) atoms. The number of rotatable bonds is 6. The molecule has 0 aliphatic carbocycles. The van der Waals surface area contributed by atoms with E-state index in [4.69, 9.17) is 4.74 Å². The number of carbonyl (C=O) groups excluding carboxylic acids is 2. The van der Waals surface area contributed by atoms with Gasteiger partial charge >= 0.3 is 11.9 Å². The van der Waals surface area contributed by atoms with Crippen LogP contribution in [0.5, 0.6) is 0 Å². The van der Waals surface area contributed by atoms with Crippen molar-refractivity contribution >= 4 is 22.0 Å². The molecule has 1 heterocycles. The first kappa shape index (κ1) is 18.4. The molecule has 0 N–H and O–H groups in total. The van der Waals surface area contributed by atoms with Gasteiger partial charge in [-0.25, -0.2) is 8.42 Å². The molecule has 1 saturated heterocycles. The number of carbonyl (C=O) groups is 2. The molecule has 1 aromatic rings. The van der Waals surface area contributed by atoms with Crippen molar-refractivity contribution in [3.05, 3.63) is 29.8 Å². The maximum Gasteiger partial charge on any atom is 0.327 e. The Kier molecular flexibility index (Phi) is 5.29. The predicted octanol–water partition coefficient (Wildman–Crippen LogP) is 1.25. The molecule has 1 atom stereocenters. The first-order valence-corrected chi connectivity index (χ1v) is 8.96. The van der Waals surface area contributed by atoms with Gasteiger partial charge < -0.3 is 9.47 Å². The minimum Gasteiger partial charge on any atom is -0.469 e. The van der Waals surface area contributed by atoms with Crippen LogP contribution < -0.4 is 0 Å². The van der Waals surface area contributed by atoms with Crippen LogP contribution in [0.3, 0.4) is 0 Å². The van der Waals surface area contributed by atoms with Crippen molar-refractivity contribution in [3.8, 4) is 0 Å². The fourth-order valence-electron chi connectivity index (χ4n) is 2.82. The zero-order valence-corrected chi connectivity index (χ0v) is 14.8. The maximum atomic E-state index is 12.9. The summed E-state index contributed by atoms with van der Waals surface area (Å²) in [6.07, 6.45) is 0.269. The molecule has 1 aliphatic heterocycles. The second-order valence-electron chi connectivity index (χ2n) is 5.74. The summed E-state index contributed by atoms with van der Waals surface area (Å²) in [4.78, 5) is 23.8. The van der Waals surface area contributed by atoms with E-state index in [1.54, 1.807) is 12.1 Å². The lowest BCUT2D eigenvalue weighted by atomic mass is 9.83. The van der Waals surface area contributed by atoms with E-state index >= 15 is 0 Å². The number of hydrogen-bond donors (Lipinski definition) is 0. The Morgan fingerprint density at radius 3 is 2.25 bits per heavy atom. The highest BCUT2D eigenvalue weighted by Gasteiger charge is 2.57. The van der Waals surface area contributed by atoms with Gasteiger partial charge in [0.25, 0.3) is 0 Å². The van der Waals surface area contributed by atoms with E-state index in [2.05, 4.69) is 4.74 Å². The second-order valence-corrected chi connectivity index (χ2v) is 7.60. The second kappa shape index (κ2) is 6.90. The molecule has 0 aromatic heterocycles. The van der Waals surface area contributed by atoms with Crippen molar-refractivity contribution < 1.29 is 27.5 Å². The topological polar surface area (TPSA) is 90.0 Å². The van der Waals surface area contributed by atoms with E-state index in [0.717, 1.165) is 9.87 Å². The number of nitrogens with zero attached hydrogens (tertiary/aromatic N) is 1. The molecule has 8 heteroatoms. The minimum atomic E-state index is -3.86. The van der Waals surface area contributed by atoms with E-state index < -0.39 is 27.5 Å². The zero-order valence-electron chi connectivity index (χ0n) is 13.9. The van der Waals surface area contributed by atoms with Crippen molar-refractivity contribution in [1.29, 1.82) is 0 Å². The maximum absolute atomic E-state index is 12.9. The molecule has 132 valence electrons. The van der Waals surface area contributed by atoms with Crippen molar-refractivity contribution in [1.82, 2.24) is 4.31 Å². The van der Waals surface area contributed by atoms with Gasteiger partial charge in [0.15, 0.2) is 0 Å². The fourth-order valence-corrected chi connectivity index (χ4v) is 4.60. The van der Waals surface area contributed by atoms with Crippen molar-refractivity contribution in [2.75, 3.05) is 20.8 Å². The number of aryl methyl sites for hydroxylation is 1. The van der Waals surface area contributed by atoms with Gasteiger partial charge in [0.2, 0.25) is 10.0 Å². The lowest BCUT2D eigenvalue weighted by Gasteiger charge is -2.48. The van der Waals surface area contributed by atoms with E-state index in [1.807, 2.05) is 6.92 Å². The van der Waals surface area contributed by atoms with E-state index in [1.165, 1.54) is 26.4 Å². The predicted molar refractivity (Wildman–Crippen MR) is 85.7 cm³/mol. The SMILES string of the molecule is COC(=O)CCC1(C(=O)OC)CCN1S(=O)(=O)c1ccc(C)cc1. The van der Waals surface area contributed by atoms with Crippen LogP contribution in [-0.4, -0.2) is 51.0 Å². The molecule has 0 bridgehead atoms. The molecule has 0 radical (unpaired) electrons. The lowest BCUT2D eigenvalue weighted by molar-refractivity contribution is -0.160. The molecule has 2 rings (SSSR count). The summed E-state index contributed by atoms with van der Waals surface area (Å²) in [7, 11) is -1.41. The lowest BCUT2D eigenvalue weighted by Crippen LogP contribution is -2.66. The van der Waals surface area contributed by atoms with E-state index in [-0.39, 0.29) is 24.3 Å². The summed E-state index contributed by atoms with van der Waals surface area (Å²) in [5.74, 6) is -1.16. The van der Waals surface area contributed by atoms with Crippen LogP contribution in [0.2, 0.25) is 0 Å². The van der Waals surface area contributed by atoms with Gasteiger partial charge in [-0.05, 0) is 31.9 Å². The number of sulfonamides is 1. The Balaban J connectivity index is 2.34. The van der Waals surface area contributed by atoms with Crippen LogP contribution in [0.15, 0.2) is 29.2 Å². The highest BCUT2D eigenvalue weighted by atomic mass is 32.2. The molecular weight excluding hydrogens is 334 g/mol. The summed E-state index contributed by atoms with van der Waals surface area (Å²) in [6, 6.07) is 6.40. The first-order valence-electron chi connectivity index (χ1n) is 7.52. The summed E-state index contributed by atoms with van der Waals surface area (Å²) >= 11 is 0.